The highest BCUT2D eigenvalue weighted by atomic mass is 16.5. The first-order valence-corrected chi connectivity index (χ1v) is 7.58. The van der Waals surface area contributed by atoms with Gasteiger partial charge >= 0.3 is 0 Å². The van der Waals surface area contributed by atoms with Gasteiger partial charge < -0.3 is 4.74 Å². The molecule has 0 bridgehead atoms. The van der Waals surface area contributed by atoms with E-state index in [0.717, 1.165) is 23.3 Å². The molecule has 2 aromatic carbocycles. The van der Waals surface area contributed by atoms with Crippen LogP contribution in [0.25, 0.3) is 0 Å². The molecule has 0 heterocycles. The fourth-order valence-corrected chi connectivity index (χ4v) is 2.35. The fraction of sp³-hybridized carbons (Fsp3) is 0.300. The smallest absolute Gasteiger partial charge is 0.137 e. The third-order valence-corrected chi connectivity index (χ3v) is 3.47. The largest absolute Gasteiger partial charge is 0.495 e. The standard InChI is InChI=1S/C20H22O/c1-3-4-6-12-18-13-9-14-19(20(18)21-2)16-15-17-10-7-5-8-11-17/h5,7-11,13-14H,3-4,6,12H2,1-2H3. The van der Waals surface area contributed by atoms with E-state index in [9.17, 15) is 0 Å². The average Bonchev–Trinajstić information content (AvgIpc) is 2.54. The molecule has 1 heteroatoms. The molecule has 0 N–H and O–H groups in total. The highest BCUT2D eigenvalue weighted by molar-refractivity contribution is 5.53. The maximum Gasteiger partial charge on any atom is 0.137 e. The van der Waals surface area contributed by atoms with Crippen LogP contribution in [0.1, 0.15) is 42.9 Å². The van der Waals surface area contributed by atoms with E-state index in [1.54, 1.807) is 7.11 Å². The Morgan fingerprint density at radius 3 is 2.43 bits per heavy atom. The minimum Gasteiger partial charge on any atom is -0.495 e. The molecule has 0 saturated carbocycles. The molecule has 0 aliphatic heterocycles. The minimum absolute atomic E-state index is 0.928. The molecule has 0 fully saturated rings. The highest BCUT2D eigenvalue weighted by Gasteiger charge is 2.06. The van der Waals surface area contributed by atoms with Crippen LogP contribution < -0.4 is 4.74 Å². The zero-order valence-electron chi connectivity index (χ0n) is 12.9. The van der Waals surface area contributed by atoms with Crippen LogP contribution in [0.3, 0.4) is 0 Å². The lowest BCUT2D eigenvalue weighted by Gasteiger charge is -2.10. The minimum atomic E-state index is 0.928. The second kappa shape index (κ2) is 8.17. The van der Waals surface area contributed by atoms with Gasteiger partial charge in [0, 0.05) is 5.56 Å². The number of unbranched alkanes of at least 4 members (excludes halogenated alkanes) is 2. The van der Waals surface area contributed by atoms with Crippen molar-refractivity contribution in [2.45, 2.75) is 32.6 Å². The molecule has 2 aromatic rings. The van der Waals surface area contributed by atoms with Crippen molar-refractivity contribution in [3.8, 4) is 17.6 Å². The first kappa shape index (κ1) is 15.2. The monoisotopic (exact) mass is 278 g/mol. The van der Waals surface area contributed by atoms with E-state index in [1.807, 2.05) is 36.4 Å². The van der Waals surface area contributed by atoms with Crippen LogP contribution in [0.5, 0.6) is 5.75 Å². The number of methoxy groups -OCH3 is 1. The normalized spacial score (nSPS) is 9.81. The Balaban J connectivity index is 2.23. The molecule has 0 aliphatic carbocycles. The van der Waals surface area contributed by atoms with Crippen LogP contribution in [0, 0.1) is 11.8 Å². The fourth-order valence-electron chi connectivity index (χ4n) is 2.35. The number of rotatable bonds is 5. The molecule has 2 rings (SSSR count). The van der Waals surface area contributed by atoms with E-state index >= 15 is 0 Å². The molecule has 0 aromatic heterocycles. The van der Waals surface area contributed by atoms with Gasteiger partial charge in [-0.15, -0.1) is 0 Å². The maximum absolute atomic E-state index is 5.59. The van der Waals surface area contributed by atoms with Crippen LogP contribution in [0.2, 0.25) is 0 Å². The van der Waals surface area contributed by atoms with E-state index in [4.69, 9.17) is 4.74 Å². The van der Waals surface area contributed by atoms with Crippen molar-refractivity contribution in [3.63, 3.8) is 0 Å². The van der Waals surface area contributed by atoms with Crippen LogP contribution in [0.4, 0.5) is 0 Å². The van der Waals surface area contributed by atoms with Gasteiger partial charge in [-0.1, -0.05) is 61.9 Å². The van der Waals surface area contributed by atoms with E-state index in [2.05, 4.69) is 30.9 Å². The molecule has 0 aliphatic rings. The Bertz CT molecular complexity index is 617. The molecule has 0 unspecified atom stereocenters. The second-order valence-electron chi connectivity index (χ2n) is 5.07. The third kappa shape index (κ3) is 4.39. The van der Waals surface area contributed by atoms with E-state index in [1.165, 1.54) is 24.8 Å². The number of hydrogen-bond donors (Lipinski definition) is 0. The number of para-hydroxylation sites is 1. The zero-order chi connectivity index (χ0) is 14.9. The lowest BCUT2D eigenvalue weighted by molar-refractivity contribution is 0.407. The summed E-state index contributed by atoms with van der Waals surface area (Å²) in [6.45, 7) is 2.22. The van der Waals surface area contributed by atoms with Crippen molar-refractivity contribution in [2.24, 2.45) is 0 Å². The van der Waals surface area contributed by atoms with Crippen LogP contribution in [-0.4, -0.2) is 7.11 Å². The Hall–Kier alpha value is -2.20. The highest BCUT2D eigenvalue weighted by Crippen LogP contribution is 2.25. The summed E-state index contributed by atoms with van der Waals surface area (Å²) in [6, 6.07) is 16.3. The van der Waals surface area contributed by atoms with Crippen molar-refractivity contribution < 1.29 is 4.74 Å². The molecule has 1 nitrogen and oxygen atoms in total. The number of ether oxygens (including phenoxy) is 1. The SMILES string of the molecule is CCCCCc1cccc(C#Cc2ccccc2)c1OC. The van der Waals surface area contributed by atoms with Gasteiger partial charge in [0.05, 0.1) is 12.7 Å². The topological polar surface area (TPSA) is 9.23 Å². The van der Waals surface area contributed by atoms with E-state index < -0.39 is 0 Å². The first-order chi connectivity index (χ1) is 10.3. The summed E-state index contributed by atoms with van der Waals surface area (Å²) >= 11 is 0. The average molecular weight is 278 g/mol. The van der Waals surface area contributed by atoms with E-state index in [-0.39, 0.29) is 0 Å². The lowest BCUT2D eigenvalue weighted by atomic mass is 10.0. The third-order valence-electron chi connectivity index (χ3n) is 3.47. The molecule has 0 amide bonds. The van der Waals surface area contributed by atoms with Crippen LogP contribution >= 0.6 is 0 Å². The molecular formula is C20H22O. The quantitative estimate of drug-likeness (QED) is 0.562. The predicted octanol–water partition coefficient (Wildman–Crippen LogP) is 4.83. The summed E-state index contributed by atoms with van der Waals surface area (Å²) in [7, 11) is 1.73. The number of benzene rings is 2. The Kier molecular flexibility index (Phi) is 5.91. The van der Waals surface area contributed by atoms with Crippen LogP contribution in [0.15, 0.2) is 48.5 Å². The molecule has 0 saturated heterocycles. The van der Waals surface area contributed by atoms with Crippen molar-refractivity contribution >= 4 is 0 Å². The maximum atomic E-state index is 5.59. The molecule has 0 spiro atoms. The molecule has 21 heavy (non-hydrogen) atoms. The van der Waals surface area contributed by atoms with E-state index in [0.29, 0.717) is 0 Å². The summed E-state index contributed by atoms with van der Waals surface area (Å²) in [5.41, 5.74) is 3.25. The Morgan fingerprint density at radius 1 is 0.905 bits per heavy atom. The molecule has 0 atom stereocenters. The summed E-state index contributed by atoms with van der Waals surface area (Å²) in [5.74, 6) is 7.36. The van der Waals surface area contributed by atoms with Gasteiger partial charge in [0.25, 0.3) is 0 Å². The predicted molar refractivity (Wildman–Crippen MR) is 88.6 cm³/mol. The van der Waals surface area contributed by atoms with Crippen LogP contribution in [-0.2, 0) is 6.42 Å². The summed E-state index contributed by atoms with van der Waals surface area (Å²) in [6.07, 6.45) is 4.74. The van der Waals surface area contributed by atoms with Crippen molar-refractivity contribution in [1.82, 2.24) is 0 Å². The van der Waals surface area contributed by atoms with Gasteiger partial charge in [-0.2, -0.15) is 0 Å². The lowest BCUT2D eigenvalue weighted by Crippen LogP contribution is -1.95. The Labute approximate surface area is 128 Å². The molecular weight excluding hydrogens is 256 g/mol. The molecule has 108 valence electrons. The summed E-state index contributed by atoms with van der Waals surface area (Å²) < 4.78 is 5.59. The zero-order valence-corrected chi connectivity index (χ0v) is 12.9. The second-order valence-corrected chi connectivity index (χ2v) is 5.07. The van der Waals surface area contributed by atoms with Gasteiger partial charge in [0.1, 0.15) is 5.75 Å². The number of hydrogen-bond acceptors (Lipinski definition) is 1. The van der Waals surface area contributed by atoms with Gasteiger partial charge in [0.2, 0.25) is 0 Å². The molecule has 0 radical (unpaired) electrons. The van der Waals surface area contributed by atoms with Gasteiger partial charge in [0.15, 0.2) is 0 Å². The van der Waals surface area contributed by atoms with Gasteiger partial charge in [-0.25, -0.2) is 0 Å². The van der Waals surface area contributed by atoms with Crippen molar-refractivity contribution in [2.75, 3.05) is 7.11 Å². The van der Waals surface area contributed by atoms with Crippen molar-refractivity contribution in [1.29, 1.82) is 0 Å². The number of aryl methyl sites for hydroxylation is 1. The summed E-state index contributed by atoms with van der Waals surface area (Å²) in [4.78, 5) is 0. The first-order valence-electron chi connectivity index (χ1n) is 7.58. The van der Waals surface area contributed by atoms with Gasteiger partial charge in [-0.05, 0) is 36.6 Å². The van der Waals surface area contributed by atoms with Gasteiger partial charge in [-0.3, -0.25) is 0 Å². The summed E-state index contributed by atoms with van der Waals surface area (Å²) in [5, 5.41) is 0. The van der Waals surface area contributed by atoms with Crippen molar-refractivity contribution in [3.05, 3.63) is 65.2 Å². The Morgan fingerprint density at radius 2 is 1.71 bits per heavy atom.